The van der Waals surface area contributed by atoms with Crippen LogP contribution in [0.3, 0.4) is 0 Å². The van der Waals surface area contributed by atoms with Crippen LogP contribution in [0.2, 0.25) is 0 Å². The van der Waals surface area contributed by atoms with Crippen LogP contribution in [-0.4, -0.2) is 24.8 Å². The molecule has 1 aromatic carbocycles. The van der Waals surface area contributed by atoms with Crippen LogP contribution >= 0.6 is 0 Å². The van der Waals surface area contributed by atoms with Gasteiger partial charge in [-0.15, -0.1) is 0 Å². The molecule has 0 spiro atoms. The molecule has 0 aliphatic rings. The number of benzene rings is 1. The summed E-state index contributed by atoms with van der Waals surface area (Å²) in [5.74, 6) is 0.156. The second-order valence-corrected chi connectivity index (χ2v) is 4.32. The van der Waals surface area contributed by atoms with Gasteiger partial charge in [-0.25, -0.2) is 0 Å². The Morgan fingerprint density at radius 2 is 2.11 bits per heavy atom. The van der Waals surface area contributed by atoms with Gasteiger partial charge >= 0.3 is 5.97 Å². The van der Waals surface area contributed by atoms with Crippen LogP contribution in [0.5, 0.6) is 11.5 Å². The number of carbonyl (C=O) groups is 1. The molecule has 0 saturated carbocycles. The van der Waals surface area contributed by atoms with E-state index >= 15 is 0 Å². The molecule has 1 rings (SSSR count). The fourth-order valence-corrected chi connectivity index (χ4v) is 1.88. The lowest BCUT2D eigenvalue weighted by atomic mass is 9.95. The number of esters is 1. The van der Waals surface area contributed by atoms with E-state index in [9.17, 15) is 9.90 Å². The first-order valence-electron chi connectivity index (χ1n) is 6.02. The van der Waals surface area contributed by atoms with Gasteiger partial charge in [0.1, 0.15) is 0 Å². The molecule has 0 saturated heterocycles. The van der Waals surface area contributed by atoms with Crippen LogP contribution < -0.4 is 4.74 Å². The maximum absolute atomic E-state index is 11.4. The Labute approximate surface area is 108 Å². The lowest BCUT2D eigenvalue weighted by Crippen LogP contribution is -2.09. The van der Waals surface area contributed by atoms with Crippen LogP contribution in [0, 0.1) is 6.92 Å². The summed E-state index contributed by atoms with van der Waals surface area (Å²) in [6, 6.07) is 3.62. The number of aryl methyl sites for hydroxylation is 1. The van der Waals surface area contributed by atoms with Crippen LogP contribution in [0.1, 0.15) is 37.3 Å². The summed E-state index contributed by atoms with van der Waals surface area (Å²) in [4.78, 5) is 11.4. The molecule has 4 nitrogen and oxygen atoms in total. The van der Waals surface area contributed by atoms with Crippen molar-refractivity contribution < 1.29 is 19.4 Å². The third-order valence-electron chi connectivity index (χ3n) is 2.78. The van der Waals surface area contributed by atoms with Gasteiger partial charge in [0.25, 0.3) is 0 Å². The molecule has 1 atom stereocenters. The fraction of sp³-hybridized carbons (Fsp3) is 0.500. The number of rotatable bonds is 5. The van der Waals surface area contributed by atoms with Crippen molar-refractivity contribution in [3.8, 4) is 11.5 Å². The van der Waals surface area contributed by atoms with Gasteiger partial charge < -0.3 is 14.6 Å². The highest BCUT2D eigenvalue weighted by molar-refractivity contribution is 5.71. The predicted octanol–water partition coefficient (Wildman–Crippen LogP) is 2.77. The van der Waals surface area contributed by atoms with E-state index in [1.807, 2.05) is 19.9 Å². The van der Waals surface area contributed by atoms with Gasteiger partial charge in [-0.1, -0.05) is 13.0 Å². The molecule has 1 N–H and O–H groups in total. The number of aromatic hydroxyl groups is 1. The fourth-order valence-electron chi connectivity index (χ4n) is 1.88. The normalized spacial score (nSPS) is 12.0. The van der Waals surface area contributed by atoms with E-state index in [0.29, 0.717) is 17.9 Å². The first-order valence-corrected chi connectivity index (χ1v) is 6.02. The minimum atomic E-state index is -0.259. The highest BCUT2D eigenvalue weighted by Crippen LogP contribution is 2.37. The summed E-state index contributed by atoms with van der Waals surface area (Å²) < 4.78 is 10.0. The molecule has 4 heteroatoms. The molecule has 0 fully saturated rings. The van der Waals surface area contributed by atoms with Crippen LogP contribution in [0.25, 0.3) is 0 Å². The van der Waals surface area contributed by atoms with Crippen molar-refractivity contribution in [1.82, 2.24) is 0 Å². The summed E-state index contributed by atoms with van der Waals surface area (Å²) in [6.45, 7) is 5.94. The third kappa shape index (κ3) is 3.39. The van der Waals surface area contributed by atoms with Crippen molar-refractivity contribution in [2.45, 2.75) is 33.1 Å². The molecule has 1 aromatic rings. The number of methoxy groups -OCH3 is 1. The smallest absolute Gasteiger partial charge is 0.306 e. The lowest BCUT2D eigenvalue weighted by molar-refractivity contribution is -0.143. The second kappa shape index (κ2) is 6.28. The first-order chi connectivity index (χ1) is 8.49. The molecule has 0 heterocycles. The summed E-state index contributed by atoms with van der Waals surface area (Å²) in [7, 11) is 1.51. The number of ether oxygens (including phenoxy) is 2. The van der Waals surface area contributed by atoms with Crippen molar-refractivity contribution in [3.63, 3.8) is 0 Å². The van der Waals surface area contributed by atoms with E-state index < -0.39 is 0 Å². The number of hydrogen-bond acceptors (Lipinski definition) is 4. The summed E-state index contributed by atoms with van der Waals surface area (Å²) in [5.41, 5.74) is 1.69. The van der Waals surface area contributed by atoms with E-state index in [1.165, 1.54) is 7.11 Å². The molecule has 0 aliphatic carbocycles. The van der Waals surface area contributed by atoms with E-state index in [2.05, 4.69) is 0 Å². The zero-order valence-corrected chi connectivity index (χ0v) is 11.3. The van der Waals surface area contributed by atoms with E-state index in [4.69, 9.17) is 9.47 Å². The Bertz CT molecular complexity index is 426. The maximum Gasteiger partial charge on any atom is 0.306 e. The van der Waals surface area contributed by atoms with Gasteiger partial charge in [-0.3, -0.25) is 4.79 Å². The minimum absolute atomic E-state index is 0.0971. The summed E-state index contributed by atoms with van der Waals surface area (Å²) >= 11 is 0. The Kier molecular flexibility index (Phi) is 5.01. The standard InChI is InChI=1S/C14H20O4/c1-5-18-13(15)8-10(3)11-6-9(2)7-12(17-4)14(11)16/h6-7,10,16H,5,8H2,1-4H3. The predicted molar refractivity (Wildman–Crippen MR) is 69.1 cm³/mol. The van der Waals surface area contributed by atoms with Gasteiger partial charge in [-0.05, 0) is 31.4 Å². The van der Waals surface area contributed by atoms with Crippen molar-refractivity contribution in [2.75, 3.05) is 13.7 Å². The maximum atomic E-state index is 11.4. The number of carbonyl (C=O) groups excluding carboxylic acids is 1. The van der Waals surface area contributed by atoms with Gasteiger partial charge in [0, 0.05) is 5.56 Å². The first kappa shape index (κ1) is 14.4. The SMILES string of the molecule is CCOC(=O)CC(C)c1cc(C)cc(OC)c1O. The molecule has 0 aliphatic heterocycles. The molecular weight excluding hydrogens is 232 g/mol. The molecule has 0 aromatic heterocycles. The van der Waals surface area contributed by atoms with E-state index in [0.717, 1.165) is 5.56 Å². The molecule has 100 valence electrons. The zero-order chi connectivity index (χ0) is 13.7. The molecule has 1 unspecified atom stereocenters. The van der Waals surface area contributed by atoms with E-state index in [1.54, 1.807) is 13.0 Å². The molecular formula is C14H20O4. The average molecular weight is 252 g/mol. The van der Waals surface area contributed by atoms with Crippen molar-refractivity contribution in [3.05, 3.63) is 23.3 Å². The van der Waals surface area contributed by atoms with Crippen molar-refractivity contribution in [1.29, 1.82) is 0 Å². The topological polar surface area (TPSA) is 55.8 Å². The largest absolute Gasteiger partial charge is 0.504 e. The summed E-state index contributed by atoms with van der Waals surface area (Å²) in [6.07, 6.45) is 0.244. The second-order valence-electron chi connectivity index (χ2n) is 4.32. The monoisotopic (exact) mass is 252 g/mol. The van der Waals surface area contributed by atoms with Crippen molar-refractivity contribution in [2.24, 2.45) is 0 Å². The zero-order valence-electron chi connectivity index (χ0n) is 11.3. The minimum Gasteiger partial charge on any atom is -0.504 e. The number of hydrogen-bond donors (Lipinski definition) is 1. The number of phenolic OH excluding ortho intramolecular Hbond substituents is 1. The Hall–Kier alpha value is -1.71. The molecule has 0 bridgehead atoms. The Morgan fingerprint density at radius 1 is 1.44 bits per heavy atom. The van der Waals surface area contributed by atoms with Crippen LogP contribution in [0.4, 0.5) is 0 Å². The highest BCUT2D eigenvalue weighted by Gasteiger charge is 2.18. The van der Waals surface area contributed by atoms with Gasteiger partial charge in [-0.2, -0.15) is 0 Å². The van der Waals surface area contributed by atoms with Crippen molar-refractivity contribution >= 4 is 5.97 Å². The van der Waals surface area contributed by atoms with Gasteiger partial charge in [0.2, 0.25) is 0 Å². The van der Waals surface area contributed by atoms with Gasteiger partial charge in [0.15, 0.2) is 11.5 Å². The van der Waals surface area contributed by atoms with Crippen LogP contribution in [-0.2, 0) is 9.53 Å². The molecule has 0 radical (unpaired) electrons. The number of phenols is 1. The Balaban J connectivity index is 2.94. The quantitative estimate of drug-likeness (QED) is 0.819. The third-order valence-corrected chi connectivity index (χ3v) is 2.78. The highest BCUT2D eigenvalue weighted by atomic mass is 16.5. The molecule has 18 heavy (non-hydrogen) atoms. The Morgan fingerprint density at radius 3 is 2.67 bits per heavy atom. The van der Waals surface area contributed by atoms with Crippen LogP contribution in [0.15, 0.2) is 12.1 Å². The molecule has 0 amide bonds. The lowest BCUT2D eigenvalue weighted by Gasteiger charge is -2.16. The van der Waals surface area contributed by atoms with E-state index in [-0.39, 0.29) is 24.1 Å². The average Bonchev–Trinajstić information content (AvgIpc) is 2.31. The summed E-state index contributed by atoms with van der Waals surface area (Å²) in [5, 5.41) is 10.0. The van der Waals surface area contributed by atoms with Gasteiger partial charge in [0.05, 0.1) is 20.1 Å².